The maximum Gasteiger partial charge on any atom is 0.302 e. The summed E-state index contributed by atoms with van der Waals surface area (Å²) in [5, 5.41) is 23.2. The molecule has 0 aromatic heterocycles. The first-order valence-electron chi connectivity index (χ1n) is 10.5. The molecule has 28 heavy (non-hydrogen) atoms. The van der Waals surface area contributed by atoms with Crippen molar-refractivity contribution in [3.63, 3.8) is 0 Å². The number of ether oxygens (including phenoxy) is 2. The van der Waals surface area contributed by atoms with Crippen molar-refractivity contribution in [1.29, 1.82) is 0 Å². The van der Waals surface area contributed by atoms with Gasteiger partial charge in [-0.05, 0) is 42.6 Å². The smallest absolute Gasteiger partial charge is 0.302 e. The number of hydrogen-bond donors (Lipinski definition) is 2. The van der Waals surface area contributed by atoms with Crippen LogP contribution in [0.4, 0.5) is 0 Å². The predicted molar refractivity (Wildman–Crippen MR) is 98.8 cm³/mol. The third kappa shape index (κ3) is 1.81. The molecule has 0 amide bonds. The predicted octanol–water partition coefficient (Wildman–Crippen LogP) is 1.98. The van der Waals surface area contributed by atoms with Crippen LogP contribution in [0, 0.1) is 34.0 Å². The van der Waals surface area contributed by atoms with Crippen molar-refractivity contribution in [3.05, 3.63) is 12.2 Å². The van der Waals surface area contributed by atoms with E-state index in [2.05, 4.69) is 20.4 Å². The van der Waals surface area contributed by atoms with Crippen molar-refractivity contribution in [2.45, 2.75) is 70.9 Å². The van der Waals surface area contributed by atoms with Gasteiger partial charge in [0.25, 0.3) is 0 Å². The van der Waals surface area contributed by atoms with Gasteiger partial charge in [-0.3, -0.25) is 9.59 Å². The first-order chi connectivity index (χ1) is 13.0. The first-order valence-corrected chi connectivity index (χ1v) is 10.5. The molecule has 6 fully saturated rings. The summed E-state index contributed by atoms with van der Waals surface area (Å²) < 4.78 is 11.8. The largest absolute Gasteiger partial charge is 0.462 e. The quantitative estimate of drug-likeness (QED) is 0.525. The Balaban J connectivity index is 1.77. The zero-order valence-corrected chi connectivity index (χ0v) is 16.9. The van der Waals surface area contributed by atoms with Gasteiger partial charge in [0.15, 0.2) is 5.78 Å². The number of Topliss-reactive ketones (excluding diaryl/α,β-unsaturated/α-hetero) is 1. The van der Waals surface area contributed by atoms with Gasteiger partial charge in [-0.1, -0.05) is 26.8 Å². The van der Waals surface area contributed by atoms with Crippen molar-refractivity contribution < 1.29 is 29.3 Å². The molecule has 6 heteroatoms. The summed E-state index contributed by atoms with van der Waals surface area (Å²) in [4.78, 5) is 25.5. The lowest BCUT2D eigenvalue weighted by Crippen LogP contribution is -2.83. The second kappa shape index (κ2) is 5.27. The van der Waals surface area contributed by atoms with Crippen LogP contribution in [-0.2, 0) is 19.1 Å². The molecule has 0 aromatic rings. The van der Waals surface area contributed by atoms with Crippen molar-refractivity contribution >= 4 is 11.8 Å². The van der Waals surface area contributed by atoms with Crippen LogP contribution in [-0.4, -0.2) is 46.6 Å². The van der Waals surface area contributed by atoms with E-state index in [0.717, 1.165) is 19.3 Å². The van der Waals surface area contributed by atoms with Gasteiger partial charge in [-0.15, -0.1) is 0 Å². The molecular formula is C22H30O6. The maximum absolute atomic E-state index is 13.6. The molecule has 6 nitrogen and oxygen atoms in total. The van der Waals surface area contributed by atoms with Gasteiger partial charge in [-0.2, -0.15) is 0 Å². The number of allylic oxidation sites excluding steroid dienone is 1. The molecule has 4 bridgehead atoms. The number of hydrogen-bond acceptors (Lipinski definition) is 6. The van der Waals surface area contributed by atoms with Crippen molar-refractivity contribution in [2.75, 3.05) is 6.61 Å². The standard InChI is InChI=1S/C22H30O6/c1-11-13-8-14(28-12(2)23)15-20-7-5-6-19(3,4)16(20)18(25)22(26,27-10-20)21(15,9-13)17(11)24/h13-16,18,25-26H,1,5-10H2,2-4H3/t13-,14+,15-,16+,18-,20+,21-,22?/m0/s1. The van der Waals surface area contributed by atoms with Crippen LogP contribution in [0.15, 0.2) is 12.2 Å². The number of rotatable bonds is 1. The molecule has 0 aromatic carbocycles. The molecule has 154 valence electrons. The van der Waals surface area contributed by atoms with Gasteiger partial charge >= 0.3 is 5.97 Å². The molecule has 2 heterocycles. The summed E-state index contributed by atoms with van der Waals surface area (Å²) in [5.41, 5.74) is -1.53. The number of esters is 1. The molecule has 2 saturated heterocycles. The lowest BCUT2D eigenvalue weighted by molar-refractivity contribution is -0.445. The van der Waals surface area contributed by atoms with E-state index >= 15 is 0 Å². The van der Waals surface area contributed by atoms with Crippen molar-refractivity contribution in [1.82, 2.24) is 0 Å². The number of aliphatic hydroxyl groups is 2. The second-order valence-corrected chi connectivity index (χ2v) is 10.6. The average molecular weight is 390 g/mol. The van der Waals surface area contributed by atoms with E-state index in [0.29, 0.717) is 18.4 Å². The van der Waals surface area contributed by atoms with Crippen LogP contribution >= 0.6 is 0 Å². The molecular weight excluding hydrogens is 360 g/mol. The monoisotopic (exact) mass is 390 g/mol. The van der Waals surface area contributed by atoms with Crippen LogP contribution in [0.25, 0.3) is 0 Å². The molecule has 0 radical (unpaired) electrons. The fourth-order valence-corrected chi connectivity index (χ4v) is 8.28. The topological polar surface area (TPSA) is 93.1 Å². The van der Waals surface area contributed by atoms with Gasteiger partial charge in [0.05, 0.1) is 12.0 Å². The number of aliphatic hydroxyl groups excluding tert-OH is 1. The third-order valence-corrected chi connectivity index (χ3v) is 8.96. The van der Waals surface area contributed by atoms with Gasteiger partial charge in [0, 0.05) is 24.2 Å². The Bertz CT molecular complexity index is 788. The van der Waals surface area contributed by atoms with Crippen LogP contribution in [0.2, 0.25) is 0 Å². The van der Waals surface area contributed by atoms with Gasteiger partial charge in [0.2, 0.25) is 5.79 Å². The SMILES string of the molecule is C=C1C(=O)[C@]23C[C@@H]1C[C@@H](OC(C)=O)[C@H]2[C@]12CCCC(C)(C)[C@H]1[C@H](O)C3(O)OC2. The summed E-state index contributed by atoms with van der Waals surface area (Å²) >= 11 is 0. The van der Waals surface area contributed by atoms with E-state index in [4.69, 9.17) is 9.47 Å². The van der Waals surface area contributed by atoms with E-state index in [1.165, 1.54) is 6.92 Å². The number of ketones is 1. The first kappa shape index (κ1) is 18.8. The number of carbonyl (C=O) groups excluding carboxylic acids is 2. The fourth-order valence-electron chi connectivity index (χ4n) is 8.28. The van der Waals surface area contributed by atoms with Crippen LogP contribution < -0.4 is 0 Å². The molecule has 2 aliphatic heterocycles. The Labute approximate surface area is 165 Å². The van der Waals surface area contributed by atoms with Gasteiger partial charge < -0.3 is 19.7 Å². The highest BCUT2D eigenvalue weighted by Gasteiger charge is 2.84. The maximum atomic E-state index is 13.6. The third-order valence-electron chi connectivity index (χ3n) is 8.96. The van der Waals surface area contributed by atoms with E-state index in [9.17, 15) is 19.8 Å². The molecule has 8 atom stereocenters. The summed E-state index contributed by atoms with van der Waals surface area (Å²) in [6, 6.07) is 0. The lowest BCUT2D eigenvalue weighted by atomic mass is 9.36. The van der Waals surface area contributed by atoms with E-state index in [-0.39, 0.29) is 41.5 Å². The molecule has 6 aliphatic rings. The Kier molecular flexibility index (Phi) is 3.53. The molecule has 2 spiro atoms. The zero-order chi connectivity index (χ0) is 20.3. The summed E-state index contributed by atoms with van der Waals surface area (Å²) in [5.74, 6) is -3.29. The van der Waals surface area contributed by atoms with Gasteiger partial charge in [0.1, 0.15) is 12.2 Å². The zero-order valence-electron chi connectivity index (χ0n) is 16.9. The Morgan fingerprint density at radius 1 is 1.29 bits per heavy atom. The van der Waals surface area contributed by atoms with Crippen LogP contribution in [0.5, 0.6) is 0 Å². The normalized spacial score (nSPS) is 53.5. The summed E-state index contributed by atoms with van der Waals surface area (Å²) in [6.45, 7) is 9.93. The molecule has 6 rings (SSSR count). The van der Waals surface area contributed by atoms with Crippen molar-refractivity contribution in [3.8, 4) is 0 Å². The van der Waals surface area contributed by atoms with E-state index < -0.39 is 28.8 Å². The van der Waals surface area contributed by atoms with E-state index in [1.807, 2.05) is 0 Å². The number of fused-ring (bicyclic) bond motifs is 2. The van der Waals surface area contributed by atoms with Crippen molar-refractivity contribution in [2.24, 2.45) is 34.0 Å². The number of carbonyl (C=O) groups is 2. The van der Waals surface area contributed by atoms with Crippen LogP contribution in [0.3, 0.4) is 0 Å². The summed E-state index contributed by atoms with van der Waals surface area (Å²) in [7, 11) is 0. The minimum Gasteiger partial charge on any atom is -0.462 e. The Hall–Kier alpha value is -1.24. The minimum absolute atomic E-state index is 0.154. The molecule has 4 aliphatic carbocycles. The molecule has 2 N–H and O–H groups in total. The Morgan fingerprint density at radius 2 is 2.00 bits per heavy atom. The molecule has 4 saturated carbocycles. The highest BCUT2D eigenvalue weighted by Crippen LogP contribution is 2.76. The van der Waals surface area contributed by atoms with Crippen LogP contribution in [0.1, 0.15) is 52.9 Å². The minimum atomic E-state index is -1.97. The molecule has 1 unspecified atom stereocenters. The highest BCUT2D eigenvalue weighted by molar-refractivity contribution is 6.04. The van der Waals surface area contributed by atoms with E-state index in [1.54, 1.807) is 0 Å². The summed E-state index contributed by atoms with van der Waals surface area (Å²) in [6.07, 6.45) is 2.03. The lowest BCUT2D eigenvalue weighted by Gasteiger charge is -2.73. The Morgan fingerprint density at radius 3 is 2.68 bits per heavy atom. The average Bonchev–Trinajstić information content (AvgIpc) is 2.78. The second-order valence-electron chi connectivity index (χ2n) is 10.6. The fraction of sp³-hybridized carbons (Fsp3) is 0.818. The van der Waals surface area contributed by atoms with Gasteiger partial charge in [-0.25, -0.2) is 0 Å². The highest BCUT2D eigenvalue weighted by atomic mass is 16.6.